The lowest BCUT2D eigenvalue weighted by Gasteiger charge is -2.29. The SMILES string of the molecule is CC(C)(C(=O)O)N1C(=O)C(Cc2ccccc2)N(Cc2cccc3ccccc23)C1=O. The molecular weight excluding hydrogens is 392 g/mol. The number of hydrogen-bond acceptors (Lipinski definition) is 3. The van der Waals surface area contributed by atoms with E-state index >= 15 is 0 Å². The molecule has 0 saturated carbocycles. The summed E-state index contributed by atoms with van der Waals surface area (Å²) >= 11 is 0. The number of nitrogens with zero attached hydrogens (tertiary/aromatic N) is 2. The summed E-state index contributed by atoms with van der Waals surface area (Å²) in [6, 6.07) is 21.8. The van der Waals surface area contributed by atoms with Gasteiger partial charge in [0.25, 0.3) is 5.91 Å². The van der Waals surface area contributed by atoms with Crippen LogP contribution in [0.3, 0.4) is 0 Å². The maximum absolute atomic E-state index is 13.4. The average Bonchev–Trinajstić information content (AvgIpc) is 2.99. The molecule has 6 heteroatoms. The van der Waals surface area contributed by atoms with Gasteiger partial charge >= 0.3 is 12.0 Å². The van der Waals surface area contributed by atoms with E-state index in [1.54, 1.807) is 0 Å². The highest BCUT2D eigenvalue weighted by Gasteiger charge is 2.53. The molecule has 4 rings (SSSR count). The highest BCUT2D eigenvalue weighted by molar-refractivity contribution is 6.08. The molecule has 3 aromatic rings. The molecule has 1 N–H and O–H groups in total. The average molecular weight is 416 g/mol. The second-order valence-corrected chi connectivity index (χ2v) is 8.29. The van der Waals surface area contributed by atoms with Gasteiger partial charge < -0.3 is 10.0 Å². The molecule has 158 valence electrons. The Morgan fingerprint density at radius 3 is 2.29 bits per heavy atom. The first-order valence-electron chi connectivity index (χ1n) is 10.2. The molecule has 1 unspecified atom stereocenters. The summed E-state index contributed by atoms with van der Waals surface area (Å²) in [5.74, 6) is -1.71. The summed E-state index contributed by atoms with van der Waals surface area (Å²) in [4.78, 5) is 40.9. The van der Waals surface area contributed by atoms with Gasteiger partial charge in [0, 0.05) is 13.0 Å². The third-order valence-corrected chi connectivity index (χ3v) is 5.89. The van der Waals surface area contributed by atoms with Crippen molar-refractivity contribution in [2.24, 2.45) is 0 Å². The van der Waals surface area contributed by atoms with Crippen LogP contribution in [-0.2, 0) is 22.6 Å². The number of carbonyl (C=O) groups is 3. The van der Waals surface area contributed by atoms with E-state index in [4.69, 9.17) is 0 Å². The number of imide groups is 1. The topological polar surface area (TPSA) is 77.9 Å². The number of benzene rings is 3. The zero-order chi connectivity index (χ0) is 22.2. The highest BCUT2D eigenvalue weighted by Crippen LogP contribution is 2.31. The summed E-state index contributed by atoms with van der Waals surface area (Å²) in [6.07, 6.45) is 0.322. The molecule has 1 fully saturated rings. The van der Waals surface area contributed by atoms with Gasteiger partial charge in [0.2, 0.25) is 0 Å². The second-order valence-electron chi connectivity index (χ2n) is 8.29. The fraction of sp³-hybridized carbons (Fsp3) is 0.240. The molecule has 31 heavy (non-hydrogen) atoms. The lowest BCUT2D eigenvalue weighted by molar-refractivity contribution is -0.152. The number of urea groups is 1. The minimum atomic E-state index is -1.64. The van der Waals surface area contributed by atoms with E-state index in [-0.39, 0.29) is 6.54 Å². The van der Waals surface area contributed by atoms with Gasteiger partial charge in [-0.3, -0.25) is 4.79 Å². The summed E-state index contributed by atoms with van der Waals surface area (Å²) in [7, 11) is 0. The van der Waals surface area contributed by atoms with Crippen LogP contribution in [0.1, 0.15) is 25.0 Å². The fourth-order valence-corrected chi connectivity index (χ4v) is 4.08. The van der Waals surface area contributed by atoms with Gasteiger partial charge in [-0.05, 0) is 35.7 Å². The molecule has 1 aliphatic rings. The van der Waals surface area contributed by atoms with Crippen LogP contribution in [0, 0.1) is 0 Å². The van der Waals surface area contributed by atoms with Gasteiger partial charge in [0.15, 0.2) is 0 Å². The Hall–Kier alpha value is -3.67. The van der Waals surface area contributed by atoms with Gasteiger partial charge in [-0.15, -0.1) is 0 Å². The Morgan fingerprint density at radius 2 is 1.58 bits per heavy atom. The lowest BCUT2D eigenvalue weighted by Crippen LogP contribution is -2.53. The molecule has 1 aliphatic heterocycles. The second kappa shape index (κ2) is 7.87. The summed E-state index contributed by atoms with van der Waals surface area (Å²) in [5.41, 5.74) is 0.176. The molecular formula is C25H24N2O4. The molecule has 1 atom stereocenters. The van der Waals surface area contributed by atoms with E-state index in [0.717, 1.165) is 26.8 Å². The number of hydrogen-bond donors (Lipinski definition) is 1. The Morgan fingerprint density at radius 1 is 0.935 bits per heavy atom. The van der Waals surface area contributed by atoms with Crippen LogP contribution in [0.25, 0.3) is 10.8 Å². The molecule has 3 aromatic carbocycles. The fourth-order valence-electron chi connectivity index (χ4n) is 4.08. The standard InChI is InChI=1S/C25H24N2O4/c1-25(2,23(29)30)27-22(28)21(15-17-9-4-3-5-10-17)26(24(27)31)16-19-13-8-12-18-11-6-7-14-20(18)19/h3-14,21H,15-16H2,1-2H3,(H,29,30). The molecule has 0 aliphatic carbocycles. The zero-order valence-corrected chi connectivity index (χ0v) is 17.5. The number of carboxylic acid groups (broad SMARTS) is 1. The number of amides is 3. The first-order valence-corrected chi connectivity index (χ1v) is 10.2. The van der Waals surface area contributed by atoms with Crippen molar-refractivity contribution in [3.8, 4) is 0 Å². The predicted octanol–water partition coefficient (Wildman–Crippen LogP) is 4.08. The first-order chi connectivity index (χ1) is 14.8. The van der Waals surface area contributed by atoms with Gasteiger partial charge in [0.05, 0.1) is 0 Å². The number of rotatable bonds is 6. The normalized spacial score (nSPS) is 16.9. The third-order valence-electron chi connectivity index (χ3n) is 5.89. The van der Waals surface area contributed by atoms with Crippen LogP contribution in [0.4, 0.5) is 4.79 Å². The Balaban J connectivity index is 1.75. The number of aliphatic carboxylic acids is 1. The van der Waals surface area contributed by atoms with E-state index in [2.05, 4.69) is 0 Å². The Bertz CT molecular complexity index is 1150. The van der Waals surface area contributed by atoms with E-state index in [9.17, 15) is 19.5 Å². The van der Waals surface area contributed by atoms with Crippen molar-refractivity contribution in [3.05, 3.63) is 83.9 Å². The highest BCUT2D eigenvalue weighted by atomic mass is 16.4. The number of carbonyl (C=O) groups excluding carboxylic acids is 2. The third kappa shape index (κ3) is 3.65. The van der Waals surface area contributed by atoms with Crippen molar-refractivity contribution >= 4 is 28.7 Å². The predicted molar refractivity (Wildman–Crippen MR) is 117 cm³/mol. The number of carboxylic acids is 1. The van der Waals surface area contributed by atoms with E-state index < -0.39 is 29.5 Å². The van der Waals surface area contributed by atoms with Crippen molar-refractivity contribution in [1.82, 2.24) is 9.80 Å². The van der Waals surface area contributed by atoms with Crippen LogP contribution < -0.4 is 0 Å². The van der Waals surface area contributed by atoms with Crippen molar-refractivity contribution < 1.29 is 19.5 Å². The first kappa shape index (κ1) is 20.6. The van der Waals surface area contributed by atoms with Crippen LogP contribution in [0.15, 0.2) is 72.8 Å². The summed E-state index contributed by atoms with van der Waals surface area (Å²) < 4.78 is 0. The minimum absolute atomic E-state index is 0.218. The molecule has 1 saturated heterocycles. The van der Waals surface area contributed by atoms with Crippen molar-refractivity contribution in [3.63, 3.8) is 0 Å². The smallest absolute Gasteiger partial charge is 0.329 e. The van der Waals surface area contributed by atoms with E-state index in [1.165, 1.54) is 18.7 Å². The monoisotopic (exact) mass is 416 g/mol. The van der Waals surface area contributed by atoms with Gasteiger partial charge in [-0.2, -0.15) is 0 Å². The molecule has 0 bridgehead atoms. The molecule has 0 radical (unpaired) electrons. The van der Waals surface area contributed by atoms with E-state index in [1.807, 2.05) is 72.8 Å². The van der Waals surface area contributed by atoms with Crippen molar-refractivity contribution in [2.75, 3.05) is 0 Å². The maximum atomic E-state index is 13.4. The van der Waals surface area contributed by atoms with Crippen LogP contribution >= 0.6 is 0 Å². The molecule has 0 aromatic heterocycles. The largest absolute Gasteiger partial charge is 0.480 e. The van der Waals surface area contributed by atoms with Crippen molar-refractivity contribution in [2.45, 2.75) is 38.4 Å². The minimum Gasteiger partial charge on any atom is -0.480 e. The maximum Gasteiger partial charge on any atom is 0.329 e. The van der Waals surface area contributed by atoms with Crippen molar-refractivity contribution in [1.29, 1.82) is 0 Å². The van der Waals surface area contributed by atoms with E-state index in [0.29, 0.717) is 6.42 Å². The van der Waals surface area contributed by atoms with Crippen LogP contribution in [-0.4, -0.2) is 44.4 Å². The molecule has 6 nitrogen and oxygen atoms in total. The Labute approximate surface area is 180 Å². The molecule has 0 spiro atoms. The van der Waals surface area contributed by atoms with Gasteiger partial charge in [0.1, 0.15) is 11.6 Å². The Kier molecular flexibility index (Phi) is 5.23. The summed E-state index contributed by atoms with van der Waals surface area (Å²) in [5, 5.41) is 11.7. The zero-order valence-electron chi connectivity index (χ0n) is 17.5. The van der Waals surface area contributed by atoms with Crippen LogP contribution in [0.5, 0.6) is 0 Å². The van der Waals surface area contributed by atoms with Crippen LogP contribution in [0.2, 0.25) is 0 Å². The molecule has 1 heterocycles. The van der Waals surface area contributed by atoms with Gasteiger partial charge in [-0.1, -0.05) is 72.8 Å². The summed E-state index contributed by atoms with van der Waals surface area (Å²) in [6.45, 7) is 2.98. The molecule has 3 amide bonds. The number of fused-ring (bicyclic) bond motifs is 1. The van der Waals surface area contributed by atoms with Gasteiger partial charge in [-0.25, -0.2) is 14.5 Å². The lowest BCUT2D eigenvalue weighted by atomic mass is 10.0. The quantitative estimate of drug-likeness (QED) is 0.614.